The van der Waals surface area contributed by atoms with E-state index in [4.69, 9.17) is 5.14 Å². The van der Waals surface area contributed by atoms with E-state index in [1.807, 2.05) is 0 Å². The Hall–Kier alpha value is -1.67. The highest BCUT2D eigenvalue weighted by Gasteiger charge is 2.67. The maximum Gasteiger partial charge on any atom is 0.408 e. The van der Waals surface area contributed by atoms with Crippen molar-refractivity contribution in [3.8, 4) is 0 Å². The number of hydrogen-bond donors (Lipinski definition) is 2. The first-order valence-electron chi connectivity index (χ1n) is 7.18. The van der Waals surface area contributed by atoms with E-state index in [0.29, 0.717) is 0 Å². The van der Waals surface area contributed by atoms with Gasteiger partial charge in [0.2, 0.25) is 10.0 Å². The van der Waals surface area contributed by atoms with E-state index in [1.165, 1.54) is 18.2 Å². The van der Waals surface area contributed by atoms with Gasteiger partial charge in [-0.1, -0.05) is 18.2 Å². The lowest BCUT2D eigenvalue weighted by molar-refractivity contribution is 0.0927. The van der Waals surface area contributed by atoms with Crippen LogP contribution in [-0.2, 0) is 16.4 Å². The number of carboxylic acid groups (broad SMARTS) is 1. The smallest absolute Gasteiger partial charge is 0.408 e. The van der Waals surface area contributed by atoms with Crippen LogP contribution in [0.5, 0.6) is 0 Å². The number of hydrogen-bond acceptors (Lipinski definition) is 3. The second-order valence-corrected chi connectivity index (χ2v) is 8.82. The summed E-state index contributed by atoms with van der Waals surface area (Å²) in [5, 5.41) is 14.8. The number of carbonyl (C=O) groups is 1. The molecule has 0 bridgehead atoms. The van der Waals surface area contributed by atoms with Gasteiger partial charge in [-0.25, -0.2) is 22.7 Å². The third kappa shape index (κ3) is 3.18. The molecule has 23 heavy (non-hydrogen) atoms. The Labute approximate surface area is 135 Å². The van der Waals surface area contributed by atoms with Crippen molar-refractivity contribution < 1.29 is 22.7 Å². The van der Waals surface area contributed by atoms with Crippen molar-refractivity contribution >= 4 is 16.1 Å². The molecule has 1 amide bonds. The predicted octanol–water partition coefficient (Wildman–Crippen LogP) is 1.95. The zero-order chi connectivity index (χ0) is 17.6. The van der Waals surface area contributed by atoms with E-state index in [2.05, 4.69) is 0 Å². The lowest BCUT2D eigenvalue weighted by atomic mass is 10.0. The molecule has 6 nitrogen and oxygen atoms in total. The van der Waals surface area contributed by atoms with Gasteiger partial charge in [0.25, 0.3) is 0 Å². The van der Waals surface area contributed by atoms with Gasteiger partial charge >= 0.3 is 6.09 Å². The van der Waals surface area contributed by atoms with Crippen molar-refractivity contribution in [3.05, 3.63) is 35.6 Å². The molecule has 128 valence electrons. The molecule has 0 radical (unpaired) electrons. The van der Waals surface area contributed by atoms with Crippen molar-refractivity contribution in [1.29, 1.82) is 0 Å². The minimum Gasteiger partial charge on any atom is -0.465 e. The summed E-state index contributed by atoms with van der Waals surface area (Å²) in [5.41, 5.74) is -0.582. The number of benzene rings is 1. The van der Waals surface area contributed by atoms with Crippen LogP contribution in [-0.4, -0.2) is 40.8 Å². The van der Waals surface area contributed by atoms with Crippen LogP contribution in [0.4, 0.5) is 9.18 Å². The van der Waals surface area contributed by atoms with Gasteiger partial charge in [0, 0.05) is 5.54 Å². The summed E-state index contributed by atoms with van der Waals surface area (Å²) in [6.45, 7) is 5.03. The minimum absolute atomic E-state index is 0.0593. The Morgan fingerprint density at radius 2 is 2.00 bits per heavy atom. The molecule has 1 aliphatic carbocycles. The number of nitrogens with two attached hydrogens (primary N) is 1. The number of rotatable bonds is 4. The van der Waals surface area contributed by atoms with E-state index in [9.17, 15) is 22.7 Å². The molecule has 2 atom stereocenters. The first-order valence-corrected chi connectivity index (χ1v) is 8.73. The number of primary sulfonamides is 1. The van der Waals surface area contributed by atoms with Crippen molar-refractivity contribution in [2.45, 2.75) is 49.9 Å². The van der Waals surface area contributed by atoms with Gasteiger partial charge in [-0.3, -0.25) is 4.90 Å². The van der Waals surface area contributed by atoms with Gasteiger partial charge in [-0.05, 0) is 45.2 Å². The number of sulfonamides is 1. The van der Waals surface area contributed by atoms with Crippen LogP contribution in [0, 0.1) is 5.82 Å². The fraction of sp³-hybridized carbons (Fsp3) is 0.533. The third-order valence-electron chi connectivity index (χ3n) is 4.24. The molecular weight excluding hydrogens is 323 g/mol. The van der Waals surface area contributed by atoms with Crippen LogP contribution >= 0.6 is 0 Å². The largest absolute Gasteiger partial charge is 0.465 e. The highest BCUT2D eigenvalue weighted by atomic mass is 32.2. The van der Waals surface area contributed by atoms with Gasteiger partial charge in [0.1, 0.15) is 10.6 Å². The Morgan fingerprint density at radius 3 is 2.43 bits per heavy atom. The average Bonchev–Trinajstić information content (AvgIpc) is 3.04. The Balaban J connectivity index is 2.43. The molecule has 1 aromatic rings. The van der Waals surface area contributed by atoms with Crippen LogP contribution in [0.15, 0.2) is 24.3 Å². The van der Waals surface area contributed by atoms with Crippen LogP contribution in [0.1, 0.15) is 32.8 Å². The molecule has 1 aromatic carbocycles. The fourth-order valence-electron chi connectivity index (χ4n) is 3.04. The Bertz CT molecular complexity index is 729. The molecule has 0 saturated heterocycles. The van der Waals surface area contributed by atoms with Gasteiger partial charge < -0.3 is 5.11 Å². The van der Waals surface area contributed by atoms with Crippen LogP contribution in [0.2, 0.25) is 0 Å². The number of nitrogens with zero attached hydrogens (tertiary/aromatic N) is 1. The van der Waals surface area contributed by atoms with E-state index < -0.39 is 38.3 Å². The van der Waals surface area contributed by atoms with Crippen LogP contribution in [0.3, 0.4) is 0 Å². The normalized spacial score (nSPS) is 24.3. The Morgan fingerprint density at radius 1 is 1.43 bits per heavy atom. The maximum atomic E-state index is 13.9. The summed E-state index contributed by atoms with van der Waals surface area (Å²) in [7, 11) is -4.07. The van der Waals surface area contributed by atoms with Crippen molar-refractivity contribution in [1.82, 2.24) is 4.90 Å². The van der Waals surface area contributed by atoms with Gasteiger partial charge in [0.15, 0.2) is 0 Å². The molecule has 8 heteroatoms. The molecule has 1 fully saturated rings. The van der Waals surface area contributed by atoms with Crippen LogP contribution < -0.4 is 5.14 Å². The molecule has 2 rings (SSSR count). The summed E-state index contributed by atoms with van der Waals surface area (Å²) >= 11 is 0. The van der Waals surface area contributed by atoms with E-state index >= 15 is 0 Å². The van der Waals surface area contributed by atoms with Crippen molar-refractivity contribution in [2.24, 2.45) is 5.14 Å². The molecular formula is C15H21FN2O4S. The molecule has 2 unspecified atom stereocenters. The molecule has 3 N–H and O–H groups in total. The molecule has 1 aliphatic rings. The molecule has 1 saturated carbocycles. The zero-order valence-electron chi connectivity index (χ0n) is 13.3. The van der Waals surface area contributed by atoms with Crippen molar-refractivity contribution in [2.75, 3.05) is 0 Å². The van der Waals surface area contributed by atoms with E-state index in [1.54, 1.807) is 26.8 Å². The summed E-state index contributed by atoms with van der Waals surface area (Å²) in [5.74, 6) is -0.529. The van der Waals surface area contributed by atoms with Gasteiger partial charge in [0.05, 0.1) is 6.04 Å². The maximum absolute atomic E-state index is 13.9. The molecule has 0 spiro atoms. The highest BCUT2D eigenvalue weighted by Crippen LogP contribution is 2.50. The monoisotopic (exact) mass is 344 g/mol. The average molecular weight is 344 g/mol. The third-order valence-corrected chi connectivity index (χ3v) is 5.96. The quantitative estimate of drug-likeness (QED) is 0.871. The lowest BCUT2D eigenvalue weighted by Crippen LogP contribution is -2.51. The standard InChI is InChI=1S/C15H21FN2O4S/c1-14(2,3)18(13(19)20)12-9-15(12,23(17,21)22)8-10-6-4-5-7-11(10)16/h4-7,12H,8-9H2,1-3H3,(H,19,20)(H2,17,21,22). The summed E-state index contributed by atoms with van der Waals surface area (Å²) in [4.78, 5) is 12.7. The van der Waals surface area contributed by atoms with E-state index in [0.717, 1.165) is 4.90 Å². The first kappa shape index (κ1) is 17.7. The molecule has 0 heterocycles. The van der Waals surface area contributed by atoms with Crippen molar-refractivity contribution in [3.63, 3.8) is 0 Å². The summed E-state index contributed by atoms with van der Waals surface area (Å²) in [6.07, 6.45) is -1.31. The first-order chi connectivity index (χ1) is 10.4. The number of halogens is 1. The zero-order valence-corrected chi connectivity index (χ0v) is 14.1. The second kappa shape index (κ2) is 5.45. The molecule has 0 aliphatic heterocycles. The summed E-state index contributed by atoms with van der Waals surface area (Å²) < 4.78 is 36.7. The Kier molecular flexibility index (Phi) is 4.19. The predicted molar refractivity (Wildman–Crippen MR) is 84.0 cm³/mol. The fourth-order valence-corrected chi connectivity index (χ4v) is 4.27. The second-order valence-electron chi connectivity index (χ2n) is 6.92. The summed E-state index contributed by atoms with van der Waals surface area (Å²) in [6, 6.07) is 5.04. The topological polar surface area (TPSA) is 101 Å². The SMILES string of the molecule is CC(C)(C)N(C(=O)O)C1CC1(Cc1ccccc1F)S(N)(=O)=O. The molecule has 0 aromatic heterocycles. The minimum atomic E-state index is -4.07. The number of amides is 1. The highest BCUT2D eigenvalue weighted by molar-refractivity contribution is 7.91. The lowest BCUT2D eigenvalue weighted by Gasteiger charge is -2.35. The van der Waals surface area contributed by atoms with E-state index in [-0.39, 0.29) is 18.4 Å². The van der Waals surface area contributed by atoms with Gasteiger partial charge in [-0.15, -0.1) is 0 Å². The van der Waals surface area contributed by atoms with Gasteiger partial charge in [-0.2, -0.15) is 0 Å². The van der Waals surface area contributed by atoms with Crippen LogP contribution in [0.25, 0.3) is 0 Å².